The summed E-state index contributed by atoms with van der Waals surface area (Å²) in [4.78, 5) is 24.6. The lowest BCUT2D eigenvalue weighted by Crippen LogP contribution is -2.45. The summed E-state index contributed by atoms with van der Waals surface area (Å²) in [5.41, 5.74) is 0. The van der Waals surface area contributed by atoms with Crippen molar-refractivity contribution in [1.29, 1.82) is 0 Å². The van der Waals surface area contributed by atoms with Crippen LogP contribution >= 0.6 is 0 Å². The van der Waals surface area contributed by atoms with E-state index in [1.165, 1.54) is 392 Å². The van der Waals surface area contributed by atoms with E-state index in [9.17, 15) is 19.8 Å². The number of aliphatic hydroxyl groups is 2. The molecule has 0 spiro atoms. The number of unbranched alkanes of at least 4 members (excludes halogenated alkanes) is 64. The number of rotatable bonds is 77. The summed E-state index contributed by atoms with van der Waals surface area (Å²) in [5, 5.41) is 23.4. The van der Waals surface area contributed by atoms with E-state index >= 15 is 0 Å². The summed E-state index contributed by atoms with van der Waals surface area (Å²) in [5.74, 6) is -0.00727. The van der Waals surface area contributed by atoms with Gasteiger partial charge in [-0.3, -0.25) is 9.59 Å². The van der Waals surface area contributed by atoms with Gasteiger partial charge in [0.1, 0.15) is 0 Å². The lowest BCUT2D eigenvalue weighted by Gasteiger charge is -2.22. The molecule has 6 nitrogen and oxygen atoms in total. The van der Waals surface area contributed by atoms with E-state index in [4.69, 9.17) is 4.74 Å². The third-order valence-electron chi connectivity index (χ3n) is 19.3. The van der Waals surface area contributed by atoms with Gasteiger partial charge in [-0.05, 0) is 51.4 Å². The summed E-state index contributed by atoms with van der Waals surface area (Å²) in [6, 6.07) is -0.536. The maximum atomic E-state index is 12.5. The van der Waals surface area contributed by atoms with Crippen molar-refractivity contribution in [3.63, 3.8) is 0 Å². The lowest BCUT2D eigenvalue weighted by atomic mass is 10.0. The van der Waals surface area contributed by atoms with Crippen LogP contribution < -0.4 is 5.32 Å². The third-order valence-corrected chi connectivity index (χ3v) is 19.3. The van der Waals surface area contributed by atoms with E-state index in [0.717, 1.165) is 44.9 Å². The molecule has 0 saturated carbocycles. The van der Waals surface area contributed by atoms with Crippen molar-refractivity contribution in [3.8, 4) is 0 Å². The maximum absolute atomic E-state index is 12.5. The van der Waals surface area contributed by atoms with Gasteiger partial charge in [0.15, 0.2) is 0 Å². The highest BCUT2D eigenvalue weighted by atomic mass is 16.5. The first-order chi connectivity index (χ1) is 43.0. The van der Waals surface area contributed by atoms with Crippen molar-refractivity contribution in [2.24, 2.45) is 0 Å². The minimum Gasteiger partial charge on any atom is -0.466 e. The summed E-state index contributed by atoms with van der Waals surface area (Å²) < 4.78 is 5.50. The molecule has 0 aromatic carbocycles. The van der Waals surface area contributed by atoms with Crippen molar-refractivity contribution in [2.45, 2.75) is 482 Å². The molecule has 0 aliphatic rings. The average molecular weight is 1230 g/mol. The number of hydrogen-bond acceptors (Lipinski definition) is 5. The molecule has 0 saturated heterocycles. The van der Waals surface area contributed by atoms with Gasteiger partial charge in [-0.2, -0.15) is 0 Å². The van der Waals surface area contributed by atoms with Crippen molar-refractivity contribution in [3.05, 3.63) is 12.2 Å². The van der Waals surface area contributed by atoms with Crippen LogP contribution in [0.2, 0.25) is 0 Å². The van der Waals surface area contributed by atoms with Crippen LogP contribution in [0.1, 0.15) is 470 Å². The molecule has 0 rings (SSSR count). The second kappa shape index (κ2) is 77.1. The molecular formula is C81H159NO5. The van der Waals surface area contributed by atoms with Crippen molar-refractivity contribution in [2.75, 3.05) is 13.2 Å². The van der Waals surface area contributed by atoms with Crippen LogP contribution in [-0.2, 0) is 14.3 Å². The molecule has 0 heterocycles. The van der Waals surface area contributed by atoms with Gasteiger partial charge < -0.3 is 20.3 Å². The molecule has 0 aliphatic carbocycles. The molecule has 0 radical (unpaired) electrons. The van der Waals surface area contributed by atoms with Gasteiger partial charge in [-0.15, -0.1) is 0 Å². The highest BCUT2D eigenvalue weighted by Gasteiger charge is 2.20. The molecule has 0 aromatic rings. The van der Waals surface area contributed by atoms with Crippen LogP contribution in [0.3, 0.4) is 0 Å². The fourth-order valence-corrected chi connectivity index (χ4v) is 13.2. The molecule has 518 valence electrons. The normalized spacial score (nSPS) is 12.5. The number of esters is 1. The molecule has 2 atom stereocenters. The van der Waals surface area contributed by atoms with Gasteiger partial charge in [0.25, 0.3) is 0 Å². The molecule has 0 fully saturated rings. The van der Waals surface area contributed by atoms with E-state index < -0.39 is 12.1 Å². The topological polar surface area (TPSA) is 95.9 Å². The van der Waals surface area contributed by atoms with Gasteiger partial charge in [-0.1, -0.05) is 418 Å². The molecule has 0 aliphatic heterocycles. The standard InChI is InChI=1S/C81H159NO5/c1-3-5-7-9-11-13-15-17-19-46-49-53-57-61-65-69-73-79(84)78(77-83)82-80(85)74-70-66-62-58-54-50-47-43-41-39-37-35-33-31-29-27-25-23-21-20-22-24-26-28-30-32-34-36-38-40-42-44-48-52-56-60-64-68-72-76-87-81(86)75-71-67-63-59-55-51-45-18-16-14-12-10-8-6-4-2/h18,45,78-79,83-84H,3-17,19-44,46-77H2,1-2H3,(H,82,85)/b45-18-. The van der Waals surface area contributed by atoms with E-state index in [1.54, 1.807) is 0 Å². The Morgan fingerprint density at radius 1 is 0.310 bits per heavy atom. The fourth-order valence-electron chi connectivity index (χ4n) is 13.2. The zero-order valence-electron chi connectivity index (χ0n) is 59.5. The summed E-state index contributed by atoms with van der Waals surface area (Å²) in [6.07, 6.45) is 97.5. The van der Waals surface area contributed by atoms with Crippen molar-refractivity contribution >= 4 is 11.9 Å². The smallest absolute Gasteiger partial charge is 0.305 e. The van der Waals surface area contributed by atoms with Gasteiger partial charge in [0.05, 0.1) is 25.4 Å². The predicted octanol–water partition coefficient (Wildman–Crippen LogP) is 26.7. The average Bonchev–Trinajstić information content (AvgIpc) is 3.53. The summed E-state index contributed by atoms with van der Waals surface area (Å²) in [7, 11) is 0. The Hall–Kier alpha value is -1.40. The zero-order chi connectivity index (χ0) is 62.8. The van der Waals surface area contributed by atoms with Crippen LogP contribution in [0.25, 0.3) is 0 Å². The molecule has 3 N–H and O–H groups in total. The number of hydrogen-bond donors (Lipinski definition) is 3. The van der Waals surface area contributed by atoms with Crippen molar-refractivity contribution in [1.82, 2.24) is 5.32 Å². The molecular weight excluding hydrogens is 1070 g/mol. The number of carbonyl (C=O) groups excluding carboxylic acids is 2. The monoisotopic (exact) mass is 1230 g/mol. The van der Waals surface area contributed by atoms with Gasteiger partial charge in [0, 0.05) is 12.8 Å². The van der Waals surface area contributed by atoms with E-state index in [2.05, 4.69) is 31.3 Å². The van der Waals surface area contributed by atoms with Crippen molar-refractivity contribution < 1.29 is 24.5 Å². The Morgan fingerprint density at radius 2 is 0.540 bits per heavy atom. The Labute approximate surface area is 546 Å². The first kappa shape index (κ1) is 85.6. The lowest BCUT2D eigenvalue weighted by molar-refractivity contribution is -0.143. The Bertz CT molecular complexity index is 1320. The first-order valence-corrected chi connectivity index (χ1v) is 40.4. The number of carbonyl (C=O) groups is 2. The predicted molar refractivity (Wildman–Crippen MR) is 384 cm³/mol. The quantitative estimate of drug-likeness (QED) is 0.0320. The van der Waals surface area contributed by atoms with E-state index in [1.807, 2.05) is 0 Å². The Kier molecular flexibility index (Phi) is 75.8. The van der Waals surface area contributed by atoms with Crippen LogP contribution in [0.5, 0.6) is 0 Å². The second-order valence-corrected chi connectivity index (χ2v) is 28.1. The largest absolute Gasteiger partial charge is 0.466 e. The molecule has 1 amide bonds. The minimum atomic E-state index is -0.659. The molecule has 0 bridgehead atoms. The summed E-state index contributed by atoms with van der Waals surface area (Å²) in [6.45, 7) is 5.00. The van der Waals surface area contributed by atoms with Crippen LogP contribution in [-0.4, -0.2) is 47.4 Å². The van der Waals surface area contributed by atoms with E-state index in [0.29, 0.717) is 25.9 Å². The first-order valence-electron chi connectivity index (χ1n) is 40.4. The fraction of sp³-hybridized carbons (Fsp3) is 0.951. The van der Waals surface area contributed by atoms with Crippen LogP contribution in [0, 0.1) is 0 Å². The number of ether oxygens (including phenoxy) is 1. The van der Waals surface area contributed by atoms with Gasteiger partial charge >= 0.3 is 5.97 Å². The second-order valence-electron chi connectivity index (χ2n) is 28.1. The molecule has 6 heteroatoms. The molecule has 2 unspecified atom stereocenters. The molecule has 87 heavy (non-hydrogen) atoms. The highest BCUT2D eigenvalue weighted by Crippen LogP contribution is 2.21. The van der Waals surface area contributed by atoms with Gasteiger partial charge in [0.2, 0.25) is 5.91 Å². The number of aliphatic hydroxyl groups excluding tert-OH is 2. The Balaban J connectivity index is 3.28. The highest BCUT2D eigenvalue weighted by molar-refractivity contribution is 5.76. The minimum absolute atomic E-state index is 0.0172. The number of allylic oxidation sites excluding steroid dienone is 2. The zero-order valence-corrected chi connectivity index (χ0v) is 59.5. The number of amides is 1. The molecule has 0 aromatic heterocycles. The van der Waals surface area contributed by atoms with Crippen LogP contribution in [0.15, 0.2) is 12.2 Å². The summed E-state index contributed by atoms with van der Waals surface area (Å²) >= 11 is 0. The van der Waals surface area contributed by atoms with Gasteiger partial charge in [-0.25, -0.2) is 0 Å². The third kappa shape index (κ3) is 73.5. The van der Waals surface area contributed by atoms with Crippen LogP contribution in [0.4, 0.5) is 0 Å². The maximum Gasteiger partial charge on any atom is 0.305 e. The SMILES string of the molecule is CCCCCCCC/C=C\CCCCCCCC(=O)OCCCCCCCCCCCCCCCCCCCCCCCCCCCCCCCCCCCCCCCCCC(=O)NC(CO)C(O)CCCCCCCCCCCCCCCCCC. The van der Waals surface area contributed by atoms with E-state index in [-0.39, 0.29) is 18.5 Å². The Morgan fingerprint density at radius 3 is 0.816 bits per heavy atom. The number of nitrogens with one attached hydrogen (secondary N) is 1.